The second kappa shape index (κ2) is 6.43. The molecule has 0 bridgehead atoms. The van der Waals surface area contributed by atoms with Crippen LogP contribution in [-0.4, -0.2) is 41.4 Å². The fraction of sp³-hybridized carbons (Fsp3) is 0.471. The van der Waals surface area contributed by atoms with E-state index in [2.05, 4.69) is 10.6 Å². The molecule has 6 nitrogen and oxygen atoms in total. The number of nitrogens with one attached hydrogen (secondary N) is 2. The lowest BCUT2D eigenvalue weighted by atomic mass is 9.87. The molecule has 0 atom stereocenters. The smallest absolute Gasteiger partial charge is 0.322 e. The number of halogens is 1. The quantitative estimate of drug-likeness (QED) is 0.816. The molecule has 1 aromatic rings. The minimum absolute atomic E-state index is 0.0614. The first-order valence-corrected chi connectivity index (χ1v) is 8.44. The van der Waals surface area contributed by atoms with E-state index in [-0.39, 0.29) is 11.8 Å². The van der Waals surface area contributed by atoms with Crippen molar-refractivity contribution in [2.45, 2.75) is 38.1 Å². The van der Waals surface area contributed by atoms with Gasteiger partial charge in [0.15, 0.2) is 0 Å². The zero-order valence-electron chi connectivity index (χ0n) is 13.5. The lowest BCUT2D eigenvalue weighted by Gasteiger charge is -2.37. The van der Waals surface area contributed by atoms with Gasteiger partial charge < -0.3 is 10.2 Å². The molecule has 24 heavy (non-hydrogen) atoms. The second-order valence-electron chi connectivity index (χ2n) is 6.45. The number of hydrogen-bond donors (Lipinski definition) is 2. The first-order chi connectivity index (χ1) is 11.4. The third-order valence-corrected chi connectivity index (χ3v) is 5.26. The molecular formula is C17H20ClN3O3. The monoisotopic (exact) mass is 349 g/mol. The number of benzene rings is 1. The Morgan fingerprint density at radius 2 is 2.00 bits per heavy atom. The van der Waals surface area contributed by atoms with E-state index in [4.69, 9.17) is 11.6 Å². The van der Waals surface area contributed by atoms with Crippen molar-refractivity contribution in [3.05, 3.63) is 34.3 Å². The minimum atomic E-state index is -0.835. The molecule has 0 saturated carbocycles. The van der Waals surface area contributed by atoms with Gasteiger partial charge in [0.1, 0.15) is 5.54 Å². The van der Waals surface area contributed by atoms with E-state index >= 15 is 0 Å². The Labute approximate surface area is 145 Å². The van der Waals surface area contributed by atoms with E-state index in [1.54, 1.807) is 4.90 Å². The Morgan fingerprint density at radius 1 is 1.29 bits per heavy atom. The number of urea groups is 1. The summed E-state index contributed by atoms with van der Waals surface area (Å²) in [6.07, 6.45) is 1.95. The van der Waals surface area contributed by atoms with Crippen LogP contribution in [0, 0.1) is 6.92 Å². The van der Waals surface area contributed by atoms with Crippen molar-refractivity contribution < 1.29 is 14.4 Å². The van der Waals surface area contributed by atoms with Crippen LogP contribution in [-0.2, 0) is 16.0 Å². The number of aryl methyl sites for hydroxylation is 2. The topological polar surface area (TPSA) is 78.5 Å². The standard InChI is InChI=1S/C17H20ClN3O3/c1-11-2-3-12(10-13(11)18)4-5-14(22)21-8-6-17(7-9-21)15(23)19-16(24)20-17/h2-3,10H,4-9H2,1H3,(H2,19,20,23,24). The predicted octanol–water partition coefficient (Wildman–Crippen LogP) is 1.78. The number of piperidine rings is 1. The summed E-state index contributed by atoms with van der Waals surface area (Å²) in [6, 6.07) is 5.39. The molecule has 128 valence electrons. The van der Waals surface area contributed by atoms with Crippen LogP contribution >= 0.6 is 11.6 Å². The van der Waals surface area contributed by atoms with Gasteiger partial charge in [-0.3, -0.25) is 14.9 Å². The van der Waals surface area contributed by atoms with Gasteiger partial charge in [0, 0.05) is 24.5 Å². The van der Waals surface area contributed by atoms with Gasteiger partial charge >= 0.3 is 6.03 Å². The summed E-state index contributed by atoms with van der Waals surface area (Å²) in [5.74, 6) is -0.222. The van der Waals surface area contributed by atoms with Crippen LogP contribution in [0.3, 0.4) is 0 Å². The van der Waals surface area contributed by atoms with Crippen molar-refractivity contribution in [1.29, 1.82) is 0 Å². The lowest BCUT2D eigenvalue weighted by molar-refractivity contribution is -0.135. The summed E-state index contributed by atoms with van der Waals surface area (Å²) in [6.45, 7) is 2.89. The third kappa shape index (κ3) is 3.24. The van der Waals surface area contributed by atoms with Crippen LogP contribution in [0.2, 0.25) is 5.02 Å². The van der Waals surface area contributed by atoms with Gasteiger partial charge in [0.2, 0.25) is 5.91 Å². The molecule has 4 amide bonds. The molecule has 2 fully saturated rings. The molecule has 2 saturated heterocycles. The summed E-state index contributed by atoms with van der Waals surface area (Å²) >= 11 is 6.10. The molecule has 0 unspecified atom stereocenters. The van der Waals surface area contributed by atoms with Crippen molar-refractivity contribution >= 4 is 29.4 Å². The highest BCUT2D eigenvalue weighted by molar-refractivity contribution is 6.31. The zero-order chi connectivity index (χ0) is 17.3. The maximum absolute atomic E-state index is 12.4. The first kappa shape index (κ1) is 16.8. The van der Waals surface area contributed by atoms with Crippen LogP contribution < -0.4 is 10.6 Å². The Bertz CT molecular complexity index is 696. The Kier molecular flexibility index (Phi) is 4.49. The van der Waals surface area contributed by atoms with Gasteiger partial charge in [0.05, 0.1) is 0 Å². The Balaban J connectivity index is 1.53. The van der Waals surface area contributed by atoms with Gasteiger partial charge in [0.25, 0.3) is 5.91 Å². The molecule has 7 heteroatoms. The van der Waals surface area contributed by atoms with Crippen molar-refractivity contribution in [3.8, 4) is 0 Å². The number of imide groups is 1. The highest BCUT2D eigenvalue weighted by Crippen LogP contribution is 2.26. The molecule has 2 heterocycles. The molecule has 0 radical (unpaired) electrons. The first-order valence-electron chi connectivity index (χ1n) is 8.06. The summed E-state index contributed by atoms with van der Waals surface area (Å²) in [7, 11) is 0. The summed E-state index contributed by atoms with van der Waals surface area (Å²) in [5.41, 5.74) is 1.22. The fourth-order valence-corrected chi connectivity index (χ4v) is 3.42. The largest absolute Gasteiger partial charge is 0.342 e. The molecule has 3 rings (SSSR count). The average Bonchev–Trinajstić information content (AvgIpc) is 2.82. The van der Waals surface area contributed by atoms with Gasteiger partial charge in [-0.05, 0) is 43.4 Å². The van der Waals surface area contributed by atoms with Crippen molar-refractivity contribution in [1.82, 2.24) is 15.5 Å². The van der Waals surface area contributed by atoms with E-state index in [0.29, 0.717) is 43.8 Å². The summed E-state index contributed by atoms with van der Waals surface area (Å²) < 4.78 is 0. The SMILES string of the molecule is Cc1ccc(CCC(=O)N2CCC3(CC2)NC(=O)NC3=O)cc1Cl. The highest BCUT2D eigenvalue weighted by atomic mass is 35.5. The van der Waals surface area contributed by atoms with E-state index in [0.717, 1.165) is 11.1 Å². The van der Waals surface area contributed by atoms with E-state index < -0.39 is 11.6 Å². The van der Waals surface area contributed by atoms with E-state index in [1.807, 2.05) is 25.1 Å². The number of likely N-dealkylation sites (tertiary alicyclic amines) is 1. The molecule has 2 aliphatic heterocycles. The molecule has 0 aliphatic carbocycles. The van der Waals surface area contributed by atoms with Crippen LogP contribution in [0.25, 0.3) is 0 Å². The molecular weight excluding hydrogens is 330 g/mol. The lowest BCUT2D eigenvalue weighted by Crippen LogP contribution is -2.55. The number of amides is 4. The van der Waals surface area contributed by atoms with Gasteiger partial charge in [-0.2, -0.15) is 0 Å². The van der Waals surface area contributed by atoms with E-state index in [1.165, 1.54) is 0 Å². The Hall–Kier alpha value is -2.08. The predicted molar refractivity (Wildman–Crippen MR) is 89.7 cm³/mol. The molecule has 1 spiro atoms. The molecule has 0 aromatic heterocycles. The summed E-state index contributed by atoms with van der Waals surface area (Å²) in [5, 5.41) is 5.68. The highest BCUT2D eigenvalue weighted by Gasteiger charge is 2.48. The normalized spacial score (nSPS) is 19.3. The van der Waals surface area contributed by atoms with Crippen LogP contribution in [0.1, 0.15) is 30.4 Å². The molecule has 2 aliphatic rings. The number of carbonyl (C=O) groups is 3. The fourth-order valence-electron chi connectivity index (χ4n) is 3.22. The number of carbonyl (C=O) groups excluding carboxylic acids is 3. The minimum Gasteiger partial charge on any atom is -0.342 e. The van der Waals surface area contributed by atoms with Gasteiger partial charge in [-0.15, -0.1) is 0 Å². The van der Waals surface area contributed by atoms with Gasteiger partial charge in [-0.25, -0.2) is 4.79 Å². The number of rotatable bonds is 3. The number of nitrogens with zero attached hydrogens (tertiary/aromatic N) is 1. The van der Waals surface area contributed by atoms with Crippen molar-refractivity contribution in [2.24, 2.45) is 0 Å². The van der Waals surface area contributed by atoms with Gasteiger partial charge in [-0.1, -0.05) is 23.7 Å². The van der Waals surface area contributed by atoms with Crippen LogP contribution in [0.4, 0.5) is 4.79 Å². The summed E-state index contributed by atoms with van der Waals surface area (Å²) in [4.78, 5) is 37.4. The Morgan fingerprint density at radius 3 is 2.58 bits per heavy atom. The maximum atomic E-state index is 12.4. The average molecular weight is 350 g/mol. The van der Waals surface area contributed by atoms with Crippen LogP contribution in [0.5, 0.6) is 0 Å². The van der Waals surface area contributed by atoms with Crippen molar-refractivity contribution in [3.63, 3.8) is 0 Å². The van der Waals surface area contributed by atoms with E-state index in [9.17, 15) is 14.4 Å². The molecule has 2 N–H and O–H groups in total. The molecule has 1 aromatic carbocycles. The third-order valence-electron chi connectivity index (χ3n) is 4.85. The zero-order valence-corrected chi connectivity index (χ0v) is 14.3. The number of hydrogen-bond acceptors (Lipinski definition) is 3. The second-order valence-corrected chi connectivity index (χ2v) is 6.86. The maximum Gasteiger partial charge on any atom is 0.322 e. The van der Waals surface area contributed by atoms with Crippen molar-refractivity contribution in [2.75, 3.05) is 13.1 Å². The van der Waals surface area contributed by atoms with Crippen LogP contribution in [0.15, 0.2) is 18.2 Å².